The van der Waals surface area contributed by atoms with Gasteiger partial charge in [-0.05, 0) is 84.5 Å². The second-order valence-electron chi connectivity index (χ2n) is 18.1. The number of phenolic OH excluding ortho intramolecular Hbond substituents is 1. The minimum Gasteiger partial charge on any atom is -0.508 e. The molecule has 1 aromatic heterocycles. The van der Waals surface area contributed by atoms with Crippen molar-refractivity contribution < 1.29 is 53.7 Å². The summed E-state index contributed by atoms with van der Waals surface area (Å²) in [4.78, 5) is 119. The number of amides is 6. The molecular formula is C50H64N12O11. The van der Waals surface area contributed by atoms with Crippen molar-refractivity contribution in [2.45, 2.75) is 108 Å². The number of imidazole rings is 1. The van der Waals surface area contributed by atoms with E-state index in [-0.39, 0.29) is 75.4 Å². The van der Waals surface area contributed by atoms with Gasteiger partial charge < -0.3 is 69.0 Å². The van der Waals surface area contributed by atoms with E-state index in [9.17, 15) is 48.6 Å². The van der Waals surface area contributed by atoms with Crippen LogP contribution in [0.3, 0.4) is 0 Å². The van der Waals surface area contributed by atoms with E-state index in [4.69, 9.17) is 22.3 Å². The molecule has 390 valence electrons. The lowest BCUT2D eigenvalue weighted by Gasteiger charge is -2.29. The van der Waals surface area contributed by atoms with Crippen LogP contribution in [0.15, 0.2) is 90.3 Å². The first kappa shape index (κ1) is 55.6. The molecule has 6 atom stereocenters. The molecule has 1 fully saturated rings. The summed E-state index contributed by atoms with van der Waals surface area (Å²) < 4.78 is 0. The van der Waals surface area contributed by atoms with Gasteiger partial charge in [-0.1, -0.05) is 62.4 Å². The van der Waals surface area contributed by atoms with Crippen molar-refractivity contribution in [2.24, 2.45) is 28.1 Å². The van der Waals surface area contributed by atoms with E-state index in [1.165, 1.54) is 35.6 Å². The molecule has 1 aliphatic rings. The monoisotopic (exact) mass is 1010 g/mol. The van der Waals surface area contributed by atoms with Gasteiger partial charge in [0.25, 0.3) is 5.91 Å². The molecule has 6 amide bonds. The molecule has 2 heterocycles. The van der Waals surface area contributed by atoms with E-state index in [0.29, 0.717) is 28.8 Å². The van der Waals surface area contributed by atoms with Gasteiger partial charge in [-0.25, -0.2) is 9.78 Å². The molecule has 0 radical (unpaired) electrons. The highest BCUT2D eigenvalue weighted by atomic mass is 16.4. The number of nitrogens with one attached hydrogen (secondary N) is 6. The highest BCUT2D eigenvalue weighted by Gasteiger charge is 2.39. The third-order valence-corrected chi connectivity index (χ3v) is 12.0. The van der Waals surface area contributed by atoms with Crippen LogP contribution < -0.4 is 43.8 Å². The predicted octanol–water partition coefficient (Wildman–Crippen LogP) is -0.0523. The van der Waals surface area contributed by atoms with Gasteiger partial charge in [-0.3, -0.25) is 38.6 Å². The van der Waals surface area contributed by atoms with E-state index in [2.05, 4.69) is 41.5 Å². The Bertz CT molecular complexity index is 2590. The minimum atomic E-state index is -1.46. The Kier molecular flexibility index (Phi) is 20.4. The molecule has 4 aromatic rings. The number of aliphatic carboxylic acids is 2. The number of likely N-dealkylation sites (tertiary alicyclic amines) is 1. The smallest absolute Gasteiger partial charge is 0.326 e. The van der Waals surface area contributed by atoms with Crippen molar-refractivity contribution in [1.29, 1.82) is 0 Å². The Balaban J connectivity index is 1.36. The average Bonchev–Trinajstić information content (AvgIpc) is 4.06. The molecule has 1 saturated heterocycles. The number of guanidine groups is 1. The molecule has 0 unspecified atom stereocenters. The van der Waals surface area contributed by atoms with E-state index in [1.54, 1.807) is 68.4 Å². The van der Waals surface area contributed by atoms with Crippen molar-refractivity contribution in [1.82, 2.24) is 41.5 Å². The molecule has 73 heavy (non-hydrogen) atoms. The molecule has 0 bridgehead atoms. The summed E-state index contributed by atoms with van der Waals surface area (Å²) in [7, 11) is 0. The lowest BCUT2D eigenvalue weighted by atomic mass is 9.98. The van der Waals surface area contributed by atoms with E-state index in [1.807, 2.05) is 0 Å². The number of aromatic hydroxyl groups is 1. The molecule has 1 aliphatic heterocycles. The number of carboxylic acids is 2. The lowest BCUT2D eigenvalue weighted by Crippen LogP contribution is -2.57. The number of hydrogen-bond acceptors (Lipinski definition) is 12. The molecule has 23 heteroatoms. The van der Waals surface area contributed by atoms with Crippen LogP contribution in [0.25, 0.3) is 0 Å². The molecule has 15 N–H and O–H groups in total. The standard InChI is InChI=1S/C50H64N12O11/c1-28(2)42(61-45(68)37(10-6-16-55-50(52)53)58-44(67)36(51)24-41(64)65)47(70)56-25-32-19-31(18-30-12-14-35(63)15-13-30)20-33(21-32)43(66)59-38(23-34-26-54-27-57-34)48(71)62-17-7-11-40(62)46(69)60-39(49(72)73)22-29-8-4-3-5-9-29/h3-5,8-9,12-15,19-21,26-28,36-40,42,63H,6-7,10-11,16-18,22-25,51H2,1-2H3,(H,54,57)(H,56,70)(H,58,67)(H,59,66)(H,60,69)(H,61,68)(H,64,65)(H,72,73)(H4,52,53,55)/t36-,37-,38-,39-,40-,42-/m0/s1. The van der Waals surface area contributed by atoms with Gasteiger partial charge >= 0.3 is 11.9 Å². The number of H-pyrrole nitrogens is 1. The Morgan fingerprint density at radius 3 is 2.16 bits per heavy atom. The van der Waals surface area contributed by atoms with Crippen molar-refractivity contribution in [3.8, 4) is 5.75 Å². The van der Waals surface area contributed by atoms with E-state index >= 15 is 0 Å². The Labute approximate surface area is 421 Å². The first-order valence-electron chi connectivity index (χ1n) is 23.8. The maximum atomic E-state index is 14.5. The van der Waals surface area contributed by atoms with Crippen LogP contribution in [-0.4, -0.2) is 133 Å². The zero-order valence-electron chi connectivity index (χ0n) is 40.6. The van der Waals surface area contributed by atoms with Gasteiger partial charge in [0.2, 0.25) is 29.5 Å². The van der Waals surface area contributed by atoms with Gasteiger partial charge in [0.1, 0.15) is 36.0 Å². The summed E-state index contributed by atoms with van der Waals surface area (Å²) in [6, 6.07) is 12.8. The maximum Gasteiger partial charge on any atom is 0.326 e. The summed E-state index contributed by atoms with van der Waals surface area (Å²) in [6.07, 6.45) is 3.41. The molecule has 23 nitrogen and oxygen atoms in total. The SMILES string of the molecule is CC(C)[C@H](NC(=O)[C@H](CCCN=C(N)N)NC(=O)[C@@H](N)CC(=O)O)C(=O)NCc1cc(Cc2ccc(O)cc2)cc(C(=O)N[C@@H](Cc2cnc[nH]2)C(=O)N2CCC[C@H]2C(=O)N[C@@H](Cc2ccccc2)C(=O)O)c1. The molecule has 0 saturated carbocycles. The number of aliphatic imine (C=N–C) groups is 1. The quantitative estimate of drug-likeness (QED) is 0.0223. The summed E-state index contributed by atoms with van der Waals surface area (Å²) >= 11 is 0. The summed E-state index contributed by atoms with van der Waals surface area (Å²) in [5.74, 6) is -7.34. The van der Waals surface area contributed by atoms with Crippen LogP contribution >= 0.6 is 0 Å². The number of hydrogen-bond donors (Lipinski definition) is 12. The highest BCUT2D eigenvalue weighted by molar-refractivity contribution is 5.99. The third-order valence-electron chi connectivity index (χ3n) is 12.0. The Hall–Kier alpha value is -8.34. The van der Waals surface area contributed by atoms with E-state index in [0.717, 1.165) is 5.56 Å². The van der Waals surface area contributed by atoms with Crippen LogP contribution in [-0.2, 0) is 59.4 Å². The van der Waals surface area contributed by atoms with Crippen molar-refractivity contribution >= 4 is 53.3 Å². The van der Waals surface area contributed by atoms with E-state index < -0.39 is 96.0 Å². The zero-order valence-corrected chi connectivity index (χ0v) is 40.6. The zero-order chi connectivity index (χ0) is 53.2. The van der Waals surface area contributed by atoms with Gasteiger partial charge in [0.15, 0.2) is 5.96 Å². The van der Waals surface area contributed by atoms with Gasteiger partial charge in [0.05, 0.1) is 18.8 Å². The fourth-order valence-corrected chi connectivity index (χ4v) is 8.25. The van der Waals surface area contributed by atoms with Gasteiger partial charge in [0, 0.05) is 49.9 Å². The van der Waals surface area contributed by atoms with Crippen molar-refractivity contribution in [2.75, 3.05) is 13.1 Å². The topological polar surface area (TPSA) is 380 Å². The number of aromatic nitrogens is 2. The normalized spacial score (nSPS) is 15.2. The van der Waals surface area contributed by atoms with Crippen LogP contribution in [0.5, 0.6) is 5.75 Å². The molecular weight excluding hydrogens is 945 g/mol. The minimum absolute atomic E-state index is 0.00390. The van der Waals surface area contributed by atoms with Crippen LogP contribution in [0.2, 0.25) is 0 Å². The second-order valence-corrected chi connectivity index (χ2v) is 18.1. The number of rotatable bonds is 26. The van der Waals surface area contributed by atoms with Gasteiger partial charge in [-0.2, -0.15) is 0 Å². The first-order chi connectivity index (χ1) is 34.8. The molecule has 3 aromatic carbocycles. The lowest BCUT2D eigenvalue weighted by molar-refractivity contribution is -0.144. The second kappa shape index (κ2) is 26.8. The largest absolute Gasteiger partial charge is 0.508 e. The van der Waals surface area contributed by atoms with Crippen molar-refractivity contribution in [3.63, 3.8) is 0 Å². The number of nitrogens with two attached hydrogens (primary N) is 3. The van der Waals surface area contributed by atoms with Gasteiger partial charge in [-0.15, -0.1) is 0 Å². The number of nitrogens with zero attached hydrogens (tertiary/aromatic N) is 3. The van der Waals surface area contributed by atoms with Crippen LogP contribution in [0.1, 0.15) is 84.3 Å². The molecule has 0 spiro atoms. The van der Waals surface area contributed by atoms with Crippen LogP contribution in [0.4, 0.5) is 0 Å². The fraction of sp³-hybridized carbons (Fsp3) is 0.400. The summed E-state index contributed by atoms with van der Waals surface area (Å²) in [5, 5.41) is 42.5. The van der Waals surface area contributed by atoms with Crippen LogP contribution in [0, 0.1) is 5.92 Å². The maximum absolute atomic E-state index is 14.5. The highest BCUT2D eigenvalue weighted by Crippen LogP contribution is 2.22. The average molecular weight is 1010 g/mol. The first-order valence-corrected chi connectivity index (χ1v) is 23.8. The number of carbonyl (C=O) groups is 8. The summed E-state index contributed by atoms with van der Waals surface area (Å²) in [6.45, 7) is 3.51. The summed E-state index contributed by atoms with van der Waals surface area (Å²) in [5.41, 5.74) is 19.8. The number of carbonyl (C=O) groups excluding carboxylic acids is 6. The molecule has 0 aliphatic carbocycles. The Morgan fingerprint density at radius 1 is 0.808 bits per heavy atom. The molecule has 5 rings (SSSR count). The third kappa shape index (κ3) is 17.2. The predicted molar refractivity (Wildman–Crippen MR) is 266 cm³/mol. The van der Waals surface area contributed by atoms with Crippen molar-refractivity contribution in [3.05, 3.63) is 119 Å². The Morgan fingerprint density at radius 2 is 1.52 bits per heavy atom. The number of carboxylic acid groups (broad SMARTS) is 2. The number of benzene rings is 3. The fourth-order valence-electron chi connectivity index (χ4n) is 8.25. The number of aromatic amines is 1. The number of phenols is 1.